The molecule has 152 valence electrons. The molecule has 0 radical (unpaired) electrons. The van der Waals surface area contributed by atoms with Crippen molar-refractivity contribution in [2.75, 3.05) is 12.4 Å². The van der Waals surface area contributed by atoms with E-state index in [1.54, 1.807) is 19.1 Å². The minimum absolute atomic E-state index is 0.0453. The number of ether oxygens (including phenoxy) is 1. The molecule has 1 aromatic carbocycles. The van der Waals surface area contributed by atoms with Gasteiger partial charge in [0, 0.05) is 17.1 Å². The van der Waals surface area contributed by atoms with Gasteiger partial charge in [-0.25, -0.2) is 4.79 Å². The van der Waals surface area contributed by atoms with Crippen LogP contribution in [0.4, 0.5) is 0 Å². The van der Waals surface area contributed by atoms with E-state index >= 15 is 0 Å². The summed E-state index contributed by atoms with van der Waals surface area (Å²) in [5.74, 6) is -0.270. The highest BCUT2D eigenvalue weighted by Crippen LogP contribution is 2.43. The minimum Gasteiger partial charge on any atom is -0.462 e. The van der Waals surface area contributed by atoms with E-state index in [2.05, 4.69) is 0 Å². The molecule has 0 fully saturated rings. The van der Waals surface area contributed by atoms with Crippen LogP contribution in [0.2, 0.25) is 0 Å². The van der Waals surface area contributed by atoms with Crippen LogP contribution in [0.1, 0.15) is 39.4 Å². The van der Waals surface area contributed by atoms with Gasteiger partial charge in [-0.15, -0.1) is 23.1 Å². The van der Waals surface area contributed by atoms with Gasteiger partial charge >= 0.3 is 5.97 Å². The van der Waals surface area contributed by atoms with Crippen molar-refractivity contribution >= 4 is 57.1 Å². The molecule has 0 amide bonds. The van der Waals surface area contributed by atoms with Gasteiger partial charge in [0.15, 0.2) is 0 Å². The van der Waals surface area contributed by atoms with E-state index in [-0.39, 0.29) is 18.2 Å². The number of thioether (sulfide) groups is 1. The van der Waals surface area contributed by atoms with Crippen LogP contribution in [0.25, 0.3) is 16.4 Å². The fourth-order valence-electron chi connectivity index (χ4n) is 3.38. The second-order valence-electron chi connectivity index (χ2n) is 6.68. The van der Waals surface area contributed by atoms with Crippen molar-refractivity contribution in [3.63, 3.8) is 0 Å². The summed E-state index contributed by atoms with van der Waals surface area (Å²) < 4.78 is 8.07. The van der Waals surface area contributed by atoms with Gasteiger partial charge in [0.25, 0.3) is 0 Å². The standard InChI is InChI=1S/C23H19NO4S2/c1-3-28-22(27)17-16-11-7-8-12-24(16)19-18(17)21(30-23(19)29-13-14(2)25)20(26)15-9-5-4-6-10-15/h4-12H,3,13H2,1-2H3. The van der Waals surface area contributed by atoms with E-state index in [0.717, 1.165) is 9.73 Å². The predicted octanol–water partition coefficient (Wildman–Crippen LogP) is 5.24. The number of ketones is 2. The number of rotatable bonds is 7. The van der Waals surface area contributed by atoms with Crippen LogP contribution in [-0.4, -0.2) is 34.3 Å². The lowest BCUT2D eigenvalue weighted by Gasteiger charge is -2.04. The number of Topliss-reactive ketones (excluding diaryl/α,β-unsaturated/α-hetero) is 1. The Bertz CT molecular complexity index is 1270. The average Bonchev–Trinajstić information content (AvgIpc) is 3.28. The highest BCUT2D eigenvalue weighted by atomic mass is 32.2. The fourth-order valence-corrected chi connectivity index (χ4v) is 5.71. The Morgan fingerprint density at radius 3 is 2.50 bits per heavy atom. The van der Waals surface area contributed by atoms with Crippen molar-refractivity contribution in [1.29, 1.82) is 0 Å². The van der Waals surface area contributed by atoms with Crippen LogP contribution >= 0.6 is 23.1 Å². The van der Waals surface area contributed by atoms with E-state index in [4.69, 9.17) is 4.74 Å². The first-order valence-electron chi connectivity index (χ1n) is 9.47. The van der Waals surface area contributed by atoms with E-state index < -0.39 is 5.97 Å². The summed E-state index contributed by atoms with van der Waals surface area (Å²) in [7, 11) is 0. The Balaban J connectivity index is 2.04. The summed E-state index contributed by atoms with van der Waals surface area (Å²) in [6.07, 6.45) is 1.86. The molecule has 0 saturated heterocycles. The third kappa shape index (κ3) is 3.55. The molecule has 5 nitrogen and oxygen atoms in total. The molecule has 30 heavy (non-hydrogen) atoms. The van der Waals surface area contributed by atoms with Crippen molar-refractivity contribution < 1.29 is 19.1 Å². The third-order valence-corrected chi connectivity index (χ3v) is 7.17. The van der Waals surface area contributed by atoms with Gasteiger partial charge in [-0.1, -0.05) is 36.4 Å². The lowest BCUT2D eigenvalue weighted by Crippen LogP contribution is -2.06. The number of thiophene rings is 1. The zero-order chi connectivity index (χ0) is 21.3. The number of aromatic nitrogens is 1. The SMILES string of the molecule is CCOC(=O)c1c2c(C(=O)c3ccccc3)sc(SCC(C)=O)c2n2ccccc12. The smallest absolute Gasteiger partial charge is 0.341 e. The van der Waals surface area contributed by atoms with Crippen LogP contribution in [0, 0.1) is 0 Å². The maximum absolute atomic E-state index is 13.4. The Kier molecular flexibility index (Phi) is 5.74. The Morgan fingerprint density at radius 1 is 1.07 bits per heavy atom. The molecule has 0 aliphatic rings. The van der Waals surface area contributed by atoms with Crippen LogP contribution in [0.15, 0.2) is 58.9 Å². The number of nitrogens with zero attached hydrogens (tertiary/aromatic N) is 1. The van der Waals surface area contributed by atoms with Crippen LogP contribution < -0.4 is 0 Å². The van der Waals surface area contributed by atoms with Crippen molar-refractivity contribution in [2.45, 2.75) is 18.1 Å². The van der Waals surface area contributed by atoms with Crippen molar-refractivity contribution in [3.05, 3.63) is 70.7 Å². The van der Waals surface area contributed by atoms with Gasteiger partial charge in [-0.05, 0) is 26.0 Å². The molecule has 0 spiro atoms. The molecule has 4 aromatic rings. The number of fused-ring (bicyclic) bond motifs is 3. The molecule has 4 rings (SSSR count). The van der Waals surface area contributed by atoms with Crippen LogP contribution in [0.5, 0.6) is 0 Å². The first-order chi connectivity index (χ1) is 14.5. The largest absolute Gasteiger partial charge is 0.462 e. The molecule has 3 heterocycles. The molecule has 0 aliphatic heterocycles. The van der Waals surface area contributed by atoms with E-state index in [0.29, 0.717) is 32.7 Å². The molecule has 3 aromatic heterocycles. The molecular weight excluding hydrogens is 418 g/mol. The number of hydrogen-bond acceptors (Lipinski definition) is 6. The summed E-state index contributed by atoms with van der Waals surface area (Å²) in [6, 6.07) is 14.6. The molecular formula is C23H19NO4S2. The highest BCUT2D eigenvalue weighted by Gasteiger charge is 2.29. The third-order valence-electron chi connectivity index (χ3n) is 4.59. The molecule has 0 bridgehead atoms. The van der Waals surface area contributed by atoms with Crippen molar-refractivity contribution in [3.8, 4) is 0 Å². The first kappa shape index (κ1) is 20.4. The van der Waals surface area contributed by atoms with Crippen molar-refractivity contribution in [1.82, 2.24) is 4.40 Å². The van der Waals surface area contributed by atoms with Crippen molar-refractivity contribution in [2.24, 2.45) is 0 Å². The monoisotopic (exact) mass is 437 g/mol. The molecule has 0 N–H and O–H groups in total. The summed E-state index contributed by atoms with van der Waals surface area (Å²) in [6.45, 7) is 3.53. The molecule has 0 atom stereocenters. The normalized spacial score (nSPS) is 11.1. The number of benzene rings is 1. The Morgan fingerprint density at radius 2 is 1.80 bits per heavy atom. The maximum atomic E-state index is 13.4. The van der Waals surface area contributed by atoms with E-state index in [9.17, 15) is 14.4 Å². The second kappa shape index (κ2) is 8.45. The van der Waals surface area contributed by atoms with Gasteiger partial charge in [0.2, 0.25) is 5.78 Å². The minimum atomic E-state index is -0.459. The summed E-state index contributed by atoms with van der Waals surface area (Å²) in [4.78, 5) is 38.4. The van der Waals surface area contributed by atoms with Gasteiger partial charge in [0.05, 0.1) is 38.0 Å². The van der Waals surface area contributed by atoms with E-state index in [1.807, 2.05) is 47.0 Å². The lowest BCUT2D eigenvalue weighted by molar-refractivity contribution is -0.114. The maximum Gasteiger partial charge on any atom is 0.341 e. The number of hydrogen-bond donors (Lipinski definition) is 0. The predicted molar refractivity (Wildman–Crippen MR) is 120 cm³/mol. The number of carbonyl (C=O) groups excluding carboxylic acids is 3. The Hall–Kier alpha value is -2.90. The first-order valence-corrected chi connectivity index (χ1v) is 11.3. The molecule has 7 heteroatoms. The summed E-state index contributed by atoms with van der Waals surface area (Å²) in [5.41, 5.74) is 2.39. The Labute approximate surface area is 181 Å². The topological polar surface area (TPSA) is 64.9 Å². The zero-order valence-corrected chi connectivity index (χ0v) is 18.1. The highest BCUT2D eigenvalue weighted by molar-refractivity contribution is 8.02. The molecule has 0 saturated carbocycles. The quantitative estimate of drug-likeness (QED) is 0.225. The summed E-state index contributed by atoms with van der Waals surface area (Å²) in [5, 5.41) is 0.588. The van der Waals surface area contributed by atoms with Gasteiger partial charge in [-0.2, -0.15) is 0 Å². The van der Waals surface area contributed by atoms with E-state index in [1.165, 1.54) is 30.0 Å². The van der Waals surface area contributed by atoms with Crippen LogP contribution in [-0.2, 0) is 9.53 Å². The summed E-state index contributed by atoms with van der Waals surface area (Å²) >= 11 is 2.71. The van der Waals surface area contributed by atoms with Gasteiger partial charge < -0.3 is 9.14 Å². The molecule has 0 aliphatic carbocycles. The molecule has 0 unspecified atom stereocenters. The van der Waals surface area contributed by atoms with Gasteiger partial charge in [0.1, 0.15) is 5.78 Å². The second-order valence-corrected chi connectivity index (χ2v) is 8.94. The van der Waals surface area contributed by atoms with Gasteiger partial charge in [-0.3, -0.25) is 9.59 Å². The number of pyridine rings is 1. The lowest BCUT2D eigenvalue weighted by atomic mass is 10.1. The number of esters is 1. The average molecular weight is 438 g/mol. The fraction of sp³-hybridized carbons (Fsp3) is 0.174. The number of carbonyl (C=O) groups is 3. The van der Waals surface area contributed by atoms with Crippen LogP contribution in [0.3, 0.4) is 0 Å². The zero-order valence-electron chi connectivity index (χ0n) is 16.5.